The largest absolute Gasteiger partial charge is 0.504 e. The highest BCUT2D eigenvalue weighted by molar-refractivity contribution is 9.10. The molecule has 0 bridgehead atoms. The molecule has 0 amide bonds. The zero-order valence-electron chi connectivity index (χ0n) is 17.1. The van der Waals surface area contributed by atoms with Crippen LogP contribution in [0.3, 0.4) is 0 Å². The van der Waals surface area contributed by atoms with E-state index in [0.29, 0.717) is 17.2 Å². The van der Waals surface area contributed by atoms with E-state index in [9.17, 15) is 5.11 Å². The van der Waals surface area contributed by atoms with E-state index in [2.05, 4.69) is 21.2 Å². The van der Waals surface area contributed by atoms with E-state index in [4.69, 9.17) is 26.1 Å². The normalized spacial score (nSPS) is 18.4. The zero-order valence-corrected chi connectivity index (χ0v) is 19.4. The van der Waals surface area contributed by atoms with Gasteiger partial charge < -0.3 is 14.6 Å². The molecule has 1 heterocycles. The van der Waals surface area contributed by atoms with Crippen molar-refractivity contribution in [2.75, 3.05) is 14.2 Å². The number of aromatic hydroxyl groups is 1. The van der Waals surface area contributed by atoms with Gasteiger partial charge in [0.2, 0.25) is 0 Å². The molecule has 1 aliphatic rings. The minimum absolute atomic E-state index is 0.125. The number of phenols is 1. The van der Waals surface area contributed by atoms with Gasteiger partial charge in [0.05, 0.1) is 14.2 Å². The van der Waals surface area contributed by atoms with Gasteiger partial charge in [-0.1, -0.05) is 51.8 Å². The maximum absolute atomic E-state index is 10.8. The van der Waals surface area contributed by atoms with Crippen molar-refractivity contribution < 1.29 is 14.6 Å². The molecule has 5 nitrogen and oxygen atoms in total. The number of benzene rings is 3. The molecular weight excluding hydrogens is 480 g/mol. The monoisotopic (exact) mass is 500 g/mol. The first-order chi connectivity index (χ1) is 15.0. The van der Waals surface area contributed by atoms with Gasteiger partial charge in [-0.25, -0.2) is 0 Å². The number of para-hydroxylation sites is 1. The summed E-state index contributed by atoms with van der Waals surface area (Å²) in [7, 11) is 3.19. The van der Waals surface area contributed by atoms with Gasteiger partial charge in [-0.2, -0.15) is 0 Å². The lowest BCUT2D eigenvalue weighted by Crippen LogP contribution is -2.33. The van der Waals surface area contributed by atoms with Crippen molar-refractivity contribution >= 4 is 33.2 Å². The van der Waals surface area contributed by atoms with Gasteiger partial charge >= 0.3 is 0 Å². The molecule has 0 fully saturated rings. The molecule has 0 radical (unpaired) electrons. The van der Waals surface area contributed by atoms with Crippen molar-refractivity contribution in [3.63, 3.8) is 0 Å². The van der Waals surface area contributed by atoms with Crippen LogP contribution >= 0.6 is 27.5 Å². The number of hydrogen-bond donors (Lipinski definition) is 2. The summed E-state index contributed by atoms with van der Waals surface area (Å²) >= 11 is 9.64. The molecule has 3 aromatic rings. The van der Waals surface area contributed by atoms with Crippen molar-refractivity contribution in [3.8, 4) is 17.2 Å². The minimum atomic E-state index is -0.373. The maximum atomic E-state index is 10.8. The van der Waals surface area contributed by atoms with Gasteiger partial charge in [0.15, 0.2) is 11.5 Å². The first-order valence-corrected chi connectivity index (χ1v) is 10.9. The van der Waals surface area contributed by atoms with Crippen LogP contribution in [0.4, 0.5) is 0 Å². The number of aliphatic imine (C=N–C) groups is 1. The number of nitrogens with zero attached hydrogens (tertiary/aromatic N) is 1. The highest BCUT2D eigenvalue weighted by atomic mass is 79.9. The van der Waals surface area contributed by atoms with E-state index in [1.807, 2.05) is 54.6 Å². The molecule has 1 aliphatic heterocycles. The molecule has 0 aliphatic carbocycles. The van der Waals surface area contributed by atoms with Crippen molar-refractivity contribution in [2.45, 2.75) is 18.6 Å². The summed E-state index contributed by atoms with van der Waals surface area (Å²) in [5, 5.41) is 15.0. The lowest BCUT2D eigenvalue weighted by atomic mass is 9.93. The topological polar surface area (TPSA) is 63.1 Å². The number of phenolic OH excluding ortho intramolecular Hbond substituents is 1. The molecule has 3 aromatic carbocycles. The number of nitrogens with one attached hydrogen (secondary N) is 1. The molecule has 0 unspecified atom stereocenters. The second-order valence-electron chi connectivity index (χ2n) is 7.19. The van der Waals surface area contributed by atoms with E-state index >= 15 is 0 Å². The fourth-order valence-electron chi connectivity index (χ4n) is 3.79. The Balaban J connectivity index is 1.81. The fraction of sp³-hybridized carbons (Fsp3) is 0.208. The summed E-state index contributed by atoms with van der Waals surface area (Å²) < 4.78 is 11.8. The number of hydrogen-bond acceptors (Lipinski definition) is 5. The van der Waals surface area contributed by atoms with E-state index in [1.165, 1.54) is 0 Å². The Hall–Kier alpha value is -2.54. The second-order valence-corrected chi connectivity index (χ2v) is 8.55. The van der Waals surface area contributed by atoms with Crippen molar-refractivity contribution in [1.82, 2.24) is 5.32 Å². The van der Waals surface area contributed by atoms with Gasteiger partial charge in [0.25, 0.3) is 0 Å². The SMILES string of the molecule is COc1ccc(Br)cc1[C@@H]1N=C(c2ccc(Cl)cc2)C[C@H](c2cccc(OC)c2O)N1. The van der Waals surface area contributed by atoms with Crippen LogP contribution in [0, 0.1) is 0 Å². The second kappa shape index (κ2) is 9.30. The molecule has 0 saturated carbocycles. The summed E-state index contributed by atoms with van der Waals surface area (Å²) in [6.45, 7) is 0. The van der Waals surface area contributed by atoms with Crippen LogP contribution in [0.2, 0.25) is 5.02 Å². The molecule has 31 heavy (non-hydrogen) atoms. The lowest BCUT2D eigenvalue weighted by molar-refractivity contribution is 0.357. The summed E-state index contributed by atoms with van der Waals surface area (Å²) in [6.07, 6.45) is 0.220. The summed E-state index contributed by atoms with van der Waals surface area (Å²) in [5.41, 5.74) is 3.54. The lowest BCUT2D eigenvalue weighted by Gasteiger charge is -2.31. The van der Waals surface area contributed by atoms with E-state index in [1.54, 1.807) is 20.3 Å². The Morgan fingerprint density at radius 3 is 2.45 bits per heavy atom. The summed E-state index contributed by atoms with van der Waals surface area (Å²) in [6, 6.07) is 18.8. The highest BCUT2D eigenvalue weighted by Gasteiger charge is 2.30. The molecule has 4 rings (SSSR count). The van der Waals surface area contributed by atoms with Crippen LogP contribution in [-0.2, 0) is 0 Å². The molecular formula is C24H22BrClN2O3. The van der Waals surface area contributed by atoms with Crippen molar-refractivity contribution in [2.24, 2.45) is 4.99 Å². The number of halogens is 2. The first-order valence-electron chi connectivity index (χ1n) is 9.78. The molecule has 7 heteroatoms. The molecule has 160 valence electrons. The predicted molar refractivity (Wildman–Crippen MR) is 127 cm³/mol. The third-order valence-corrected chi connectivity index (χ3v) is 6.08. The Morgan fingerprint density at radius 2 is 1.74 bits per heavy atom. The first kappa shape index (κ1) is 21.7. The summed E-state index contributed by atoms with van der Waals surface area (Å²) in [4.78, 5) is 5.00. The number of methoxy groups -OCH3 is 2. The van der Waals surface area contributed by atoms with Crippen LogP contribution in [0.5, 0.6) is 17.2 Å². The maximum Gasteiger partial charge on any atom is 0.162 e. The minimum Gasteiger partial charge on any atom is -0.504 e. The van der Waals surface area contributed by atoms with E-state index < -0.39 is 0 Å². The third kappa shape index (κ3) is 4.56. The van der Waals surface area contributed by atoms with Gasteiger partial charge in [-0.3, -0.25) is 10.3 Å². The Labute approximate surface area is 194 Å². The van der Waals surface area contributed by atoms with Crippen molar-refractivity contribution in [3.05, 3.63) is 86.8 Å². The third-order valence-electron chi connectivity index (χ3n) is 5.33. The Morgan fingerprint density at radius 1 is 1.00 bits per heavy atom. The Bertz CT molecular complexity index is 1120. The average Bonchev–Trinajstić information content (AvgIpc) is 2.79. The molecule has 2 atom stereocenters. The number of ether oxygens (including phenoxy) is 2. The molecule has 0 saturated heterocycles. The molecule has 2 N–H and O–H groups in total. The van der Waals surface area contributed by atoms with Crippen LogP contribution in [0.1, 0.15) is 35.3 Å². The van der Waals surface area contributed by atoms with E-state index in [-0.39, 0.29) is 18.0 Å². The zero-order chi connectivity index (χ0) is 22.0. The quantitative estimate of drug-likeness (QED) is 0.447. The van der Waals surface area contributed by atoms with Crippen LogP contribution in [0.15, 0.2) is 70.1 Å². The standard InChI is InChI=1S/C24H22BrClN2O3/c1-30-21-11-8-15(25)12-18(21)24-27-19(14-6-9-16(26)10-7-14)13-20(28-24)17-4-3-5-22(31-2)23(17)29/h3-12,20,24,28-29H,13H2,1-2H3/t20-,24-/m1/s1. The highest BCUT2D eigenvalue weighted by Crippen LogP contribution is 2.40. The van der Waals surface area contributed by atoms with Gasteiger partial charge in [0.1, 0.15) is 11.9 Å². The van der Waals surface area contributed by atoms with E-state index in [0.717, 1.165) is 32.6 Å². The van der Waals surface area contributed by atoms with Gasteiger partial charge in [-0.15, -0.1) is 0 Å². The van der Waals surface area contributed by atoms with Crippen molar-refractivity contribution in [1.29, 1.82) is 0 Å². The fourth-order valence-corrected chi connectivity index (χ4v) is 4.29. The van der Waals surface area contributed by atoms with Crippen LogP contribution in [0.25, 0.3) is 0 Å². The Kier molecular flexibility index (Phi) is 6.51. The van der Waals surface area contributed by atoms with Gasteiger partial charge in [-0.05, 0) is 42.0 Å². The average molecular weight is 502 g/mol. The van der Waals surface area contributed by atoms with Crippen LogP contribution < -0.4 is 14.8 Å². The molecule has 0 spiro atoms. The molecule has 0 aromatic heterocycles. The predicted octanol–water partition coefficient (Wildman–Crippen LogP) is 6.05. The smallest absolute Gasteiger partial charge is 0.162 e. The number of rotatable bonds is 5. The summed E-state index contributed by atoms with van der Waals surface area (Å²) in [5.74, 6) is 1.29. The van der Waals surface area contributed by atoms with Gasteiger partial charge in [0, 0.05) is 38.8 Å². The van der Waals surface area contributed by atoms with Crippen LogP contribution in [-0.4, -0.2) is 25.0 Å².